The molecular formula is C13H19N3O2. The summed E-state index contributed by atoms with van der Waals surface area (Å²) in [5, 5.41) is 11.8. The third-order valence-corrected chi connectivity index (χ3v) is 2.03. The Balaban J connectivity index is 4.60. The van der Waals surface area contributed by atoms with Crippen molar-refractivity contribution in [2.75, 3.05) is 33.4 Å². The van der Waals surface area contributed by atoms with Crippen molar-refractivity contribution in [3.8, 4) is 6.07 Å². The van der Waals surface area contributed by atoms with Gasteiger partial charge in [0, 0.05) is 32.9 Å². The van der Waals surface area contributed by atoms with Gasteiger partial charge in [0.05, 0.1) is 6.61 Å². The van der Waals surface area contributed by atoms with Gasteiger partial charge in [-0.05, 0) is 0 Å². The van der Waals surface area contributed by atoms with Gasteiger partial charge in [0.1, 0.15) is 11.6 Å². The van der Waals surface area contributed by atoms with E-state index in [1.54, 1.807) is 19.3 Å². The molecule has 0 aliphatic rings. The van der Waals surface area contributed by atoms with Crippen LogP contribution in [0.5, 0.6) is 0 Å². The van der Waals surface area contributed by atoms with Gasteiger partial charge in [0.15, 0.2) is 0 Å². The normalized spacial score (nSPS) is 10.3. The average molecular weight is 249 g/mol. The predicted molar refractivity (Wildman–Crippen MR) is 70.5 cm³/mol. The highest BCUT2D eigenvalue weighted by atomic mass is 16.5. The molecule has 0 unspecified atom stereocenters. The molecule has 0 aromatic heterocycles. The lowest BCUT2D eigenvalue weighted by Gasteiger charge is -2.18. The topological polar surface area (TPSA) is 65.4 Å². The van der Waals surface area contributed by atoms with Crippen LogP contribution in [-0.2, 0) is 9.53 Å². The first kappa shape index (κ1) is 15.9. The van der Waals surface area contributed by atoms with Gasteiger partial charge in [-0.25, -0.2) is 0 Å². The highest BCUT2D eigenvalue weighted by Crippen LogP contribution is 2.01. The van der Waals surface area contributed by atoms with Gasteiger partial charge in [0.2, 0.25) is 0 Å². The summed E-state index contributed by atoms with van der Waals surface area (Å²) in [6, 6.07) is 1.87. The molecule has 0 aromatic carbocycles. The first-order valence-electron chi connectivity index (χ1n) is 5.54. The van der Waals surface area contributed by atoms with Crippen LogP contribution in [0, 0.1) is 11.3 Å². The molecule has 5 nitrogen and oxygen atoms in total. The van der Waals surface area contributed by atoms with E-state index in [9.17, 15) is 4.79 Å². The SMILES string of the molecule is C=CCN(CC=C)C(=O)/C(C#N)=C\NCCOC. The van der Waals surface area contributed by atoms with Crippen LogP contribution in [0.25, 0.3) is 0 Å². The molecule has 1 amide bonds. The van der Waals surface area contributed by atoms with Gasteiger partial charge < -0.3 is 15.0 Å². The fourth-order valence-electron chi connectivity index (χ4n) is 1.20. The quantitative estimate of drug-likeness (QED) is 0.284. The molecule has 18 heavy (non-hydrogen) atoms. The van der Waals surface area contributed by atoms with Crippen LogP contribution in [0.15, 0.2) is 37.1 Å². The maximum atomic E-state index is 12.0. The van der Waals surface area contributed by atoms with Gasteiger partial charge in [-0.3, -0.25) is 4.79 Å². The van der Waals surface area contributed by atoms with Crippen LogP contribution in [0.3, 0.4) is 0 Å². The zero-order valence-electron chi connectivity index (χ0n) is 10.7. The minimum absolute atomic E-state index is 0.0507. The highest BCUT2D eigenvalue weighted by molar-refractivity contribution is 5.97. The fraction of sp³-hybridized carbons (Fsp3) is 0.385. The number of methoxy groups -OCH3 is 1. The lowest BCUT2D eigenvalue weighted by atomic mass is 10.2. The molecule has 0 aromatic rings. The second kappa shape index (κ2) is 10.1. The van der Waals surface area contributed by atoms with E-state index < -0.39 is 0 Å². The summed E-state index contributed by atoms with van der Waals surface area (Å²) in [6.45, 7) is 8.95. The number of hydrogen-bond donors (Lipinski definition) is 1. The number of amides is 1. The zero-order chi connectivity index (χ0) is 13.8. The van der Waals surface area contributed by atoms with Crippen molar-refractivity contribution in [3.05, 3.63) is 37.1 Å². The van der Waals surface area contributed by atoms with E-state index in [1.807, 2.05) is 6.07 Å². The number of ether oxygens (including phenoxy) is 1. The number of carbonyl (C=O) groups excluding carboxylic acids is 1. The standard InChI is InChI=1S/C13H19N3O2/c1-4-7-16(8-5-2)13(17)12(10-14)11-15-6-9-18-3/h4-5,11,15H,1-2,6-9H2,3H3/b12-11-. The molecule has 5 heteroatoms. The van der Waals surface area contributed by atoms with Crippen molar-refractivity contribution in [1.29, 1.82) is 5.26 Å². The summed E-state index contributed by atoms with van der Waals surface area (Å²) >= 11 is 0. The number of nitrogens with zero attached hydrogens (tertiary/aromatic N) is 2. The van der Waals surface area contributed by atoms with E-state index in [0.717, 1.165) is 0 Å². The Kier molecular flexibility index (Phi) is 8.96. The van der Waals surface area contributed by atoms with E-state index in [4.69, 9.17) is 10.00 Å². The lowest BCUT2D eigenvalue weighted by molar-refractivity contribution is -0.125. The van der Waals surface area contributed by atoms with Crippen molar-refractivity contribution < 1.29 is 9.53 Å². The Hall–Kier alpha value is -2.06. The first-order chi connectivity index (χ1) is 8.71. The Morgan fingerprint density at radius 3 is 2.50 bits per heavy atom. The third kappa shape index (κ3) is 5.87. The molecule has 0 atom stereocenters. The summed E-state index contributed by atoms with van der Waals surface area (Å²) in [5.74, 6) is -0.345. The molecular weight excluding hydrogens is 230 g/mol. The number of nitriles is 1. The van der Waals surface area contributed by atoms with E-state index in [-0.39, 0.29) is 11.5 Å². The molecule has 0 fully saturated rings. The number of rotatable bonds is 9. The Morgan fingerprint density at radius 1 is 1.44 bits per heavy atom. The smallest absolute Gasteiger partial charge is 0.266 e. The number of hydrogen-bond acceptors (Lipinski definition) is 4. The van der Waals surface area contributed by atoms with E-state index in [2.05, 4.69) is 18.5 Å². The summed E-state index contributed by atoms with van der Waals surface area (Å²) in [6.07, 6.45) is 4.62. The lowest BCUT2D eigenvalue weighted by Crippen LogP contribution is -2.33. The average Bonchev–Trinajstić information content (AvgIpc) is 2.38. The molecule has 0 saturated carbocycles. The Bertz CT molecular complexity index is 346. The maximum absolute atomic E-state index is 12.0. The van der Waals surface area contributed by atoms with E-state index >= 15 is 0 Å². The van der Waals surface area contributed by atoms with Crippen LogP contribution >= 0.6 is 0 Å². The summed E-state index contributed by atoms with van der Waals surface area (Å²) in [4.78, 5) is 13.5. The van der Waals surface area contributed by atoms with Crippen LogP contribution in [-0.4, -0.2) is 44.2 Å². The second-order valence-electron chi connectivity index (χ2n) is 3.40. The molecule has 0 aliphatic heterocycles. The molecule has 0 bridgehead atoms. The molecule has 0 rings (SSSR count). The van der Waals surface area contributed by atoms with Crippen LogP contribution in [0.1, 0.15) is 0 Å². The molecule has 0 spiro atoms. The molecule has 0 aliphatic carbocycles. The van der Waals surface area contributed by atoms with Crippen molar-refractivity contribution >= 4 is 5.91 Å². The minimum atomic E-state index is -0.345. The van der Waals surface area contributed by atoms with E-state index in [0.29, 0.717) is 26.2 Å². The van der Waals surface area contributed by atoms with Gasteiger partial charge in [-0.1, -0.05) is 12.2 Å². The molecule has 0 saturated heterocycles. The first-order valence-corrected chi connectivity index (χ1v) is 5.54. The predicted octanol–water partition coefficient (Wildman–Crippen LogP) is 0.830. The van der Waals surface area contributed by atoms with Crippen molar-refractivity contribution in [3.63, 3.8) is 0 Å². The Labute approximate surface area is 108 Å². The van der Waals surface area contributed by atoms with Gasteiger partial charge in [-0.15, -0.1) is 13.2 Å². The van der Waals surface area contributed by atoms with Gasteiger partial charge in [-0.2, -0.15) is 5.26 Å². The monoisotopic (exact) mass is 249 g/mol. The third-order valence-electron chi connectivity index (χ3n) is 2.03. The summed E-state index contributed by atoms with van der Waals surface area (Å²) < 4.78 is 4.85. The molecule has 0 radical (unpaired) electrons. The molecule has 98 valence electrons. The van der Waals surface area contributed by atoms with Gasteiger partial charge in [0.25, 0.3) is 5.91 Å². The maximum Gasteiger partial charge on any atom is 0.266 e. The van der Waals surface area contributed by atoms with Crippen molar-refractivity contribution in [2.45, 2.75) is 0 Å². The van der Waals surface area contributed by atoms with Crippen LogP contribution < -0.4 is 5.32 Å². The van der Waals surface area contributed by atoms with Crippen LogP contribution in [0.4, 0.5) is 0 Å². The van der Waals surface area contributed by atoms with E-state index in [1.165, 1.54) is 11.1 Å². The summed E-state index contributed by atoms with van der Waals surface area (Å²) in [5.41, 5.74) is 0.0507. The van der Waals surface area contributed by atoms with Gasteiger partial charge >= 0.3 is 0 Å². The second-order valence-corrected chi connectivity index (χ2v) is 3.40. The molecule has 0 heterocycles. The largest absolute Gasteiger partial charge is 0.387 e. The summed E-state index contributed by atoms with van der Waals surface area (Å²) in [7, 11) is 1.58. The fourth-order valence-corrected chi connectivity index (χ4v) is 1.20. The zero-order valence-corrected chi connectivity index (χ0v) is 10.7. The molecule has 1 N–H and O–H groups in total. The minimum Gasteiger partial charge on any atom is -0.387 e. The number of nitrogens with one attached hydrogen (secondary N) is 1. The Morgan fingerprint density at radius 2 is 2.06 bits per heavy atom. The van der Waals surface area contributed by atoms with Crippen LogP contribution in [0.2, 0.25) is 0 Å². The van der Waals surface area contributed by atoms with Crippen molar-refractivity contribution in [2.24, 2.45) is 0 Å². The number of carbonyl (C=O) groups is 1. The van der Waals surface area contributed by atoms with Crippen molar-refractivity contribution in [1.82, 2.24) is 10.2 Å². The highest BCUT2D eigenvalue weighted by Gasteiger charge is 2.15.